The average Bonchev–Trinajstić information content (AvgIpc) is 3.32. The molecule has 0 radical (unpaired) electrons. The number of aliphatic hydroxyl groups is 1. The Labute approximate surface area is 227 Å². The third-order valence-electron chi connectivity index (χ3n) is 6.48. The van der Waals surface area contributed by atoms with Crippen molar-refractivity contribution in [3.63, 3.8) is 0 Å². The Bertz CT molecular complexity index is 1250. The van der Waals surface area contributed by atoms with Gasteiger partial charge in [-0.05, 0) is 67.5 Å². The maximum absolute atomic E-state index is 15.3. The number of nitrogens with one attached hydrogen (secondary N) is 1. The molecule has 1 fully saturated rings. The van der Waals surface area contributed by atoms with E-state index >= 15 is 4.39 Å². The molecule has 196 valence electrons. The molecule has 1 aromatic carbocycles. The highest BCUT2D eigenvalue weighted by Gasteiger charge is 2.29. The van der Waals surface area contributed by atoms with Gasteiger partial charge in [-0.15, -0.1) is 17.9 Å². The molecular weight excluding hydrogens is 550 g/mol. The molecule has 1 saturated carbocycles. The summed E-state index contributed by atoms with van der Waals surface area (Å²) in [5.41, 5.74) is 2.97. The molecule has 0 spiro atoms. The first-order valence-electron chi connectivity index (χ1n) is 12.1. The standard InChI is InChI=1S/C25H25ClFN5O2.H5P3/c26-24-16(2-1-9-28-24)14-22(34)32-11-8-15-12-17(13-20(27)23(15)32)21-7-10-29-25(31-21)30-18-3-5-19(33)6-4-18;1-3-2/h1-2,7,9-10,12-13,18-19,33H,3-6,8,11,14H2,(H,29,30,31);3H,1-2H2. The molecule has 12 heteroatoms. The summed E-state index contributed by atoms with van der Waals surface area (Å²) in [7, 11) is 6.06. The Hall–Kier alpha value is -1.81. The van der Waals surface area contributed by atoms with Gasteiger partial charge < -0.3 is 15.3 Å². The van der Waals surface area contributed by atoms with E-state index in [1.165, 1.54) is 11.0 Å². The van der Waals surface area contributed by atoms with Gasteiger partial charge in [0.25, 0.3) is 0 Å². The molecule has 1 aliphatic heterocycles. The Morgan fingerprint density at radius 1 is 1.19 bits per heavy atom. The number of anilines is 2. The lowest BCUT2D eigenvalue weighted by Crippen LogP contribution is -2.31. The van der Waals surface area contributed by atoms with Gasteiger partial charge in [0.2, 0.25) is 11.9 Å². The molecule has 0 bridgehead atoms. The lowest BCUT2D eigenvalue weighted by molar-refractivity contribution is -0.117. The highest BCUT2D eigenvalue weighted by atomic mass is 35.5. The van der Waals surface area contributed by atoms with Crippen LogP contribution in [-0.4, -0.2) is 44.7 Å². The molecule has 2 aromatic heterocycles. The van der Waals surface area contributed by atoms with Crippen molar-refractivity contribution >= 4 is 55.0 Å². The Balaban J connectivity index is 0.00000102. The third-order valence-corrected chi connectivity index (χ3v) is 6.82. The molecule has 3 heterocycles. The van der Waals surface area contributed by atoms with Crippen LogP contribution in [0.5, 0.6) is 0 Å². The van der Waals surface area contributed by atoms with Crippen molar-refractivity contribution in [2.45, 2.75) is 50.7 Å². The molecule has 1 aliphatic carbocycles. The van der Waals surface area contributed by atoms with Crippen molar-refractivity contribution in [2.75, 3.05) is 16.8 Å². The summed E-state index contributed by atoms with van der Waals surface area (Å²) in [4.78, 5) is 27.3. The number of carbonyl (C=O) groups is 1. The van der Waals surface area contributed by atoms with Gasteiger partial charge in [-0.3, -0.25) is 4.79 Å². The van der Waals surface area contributed by atoms with Crippen molar-refractivity contribution < 1.29 is 14.3 Å². The van der Waals surface area contributed by atoms with E-state index in [-0.39, 0.29) is 29.6 Å². The molecule has 2 atom stereocenters. The smallest absolute Gasteiger partial charge is 0.231 e. The fraction of sp³-hybridized carbons (Fsp3) is 0.360. The lowest BCUT2D eigenvalue weighted by atomic mass is 9.93. The van der Waals surface area contributed by atoms with E-state index in [0.29, 0.717) is 41.4 Å². The van der Waals surface area contributed by atoms with E-state index in [0.717, 1.165) is 39.2 Å². The van der Waals surface area contributed by atoms with Crippen LogP contribution in [0.3, 0.4) is 0 Å². The molecule has 0 saturated heterocycles. The van der Waals surface area contributed by atoms with Crippen molar-refractivity contribution in [3.8, 4) is 11.3 Å². The highest BCUT2D eigenvalue weighted by Crippen LogP contribution is 2.35. The van der Waals surface area contributed by atoms with E-state index < -0.39 is 5.82 Å². The third kappa shape index (κ3) is 7.19. The zero-order chi connectivity index (χ0) is 26.4. The molecule has 3 aromatic rings. The Kier molecular flexibility index (Phi) is 10.1. The van der Waals surface area contributed by atoms with Crippen LogP contribution in [0.1, 0.15) is 36.8 Å². The quantitative estimate of drug-likeness (QED) is 0.310. The van der Waals surface area contributed by atoms with Crippen LogP contribution in [-0.2, 0) is 17.6 Å². The highest BCUT2D eigenvalue weighted by molar-refractivity contribution is 8.33. The second-order valence-corrected chi connectivity index (χ2v) is 13.7. The van der Waals surface area contributed by atoms with Crippen molar-refractivity contribution in [3.05, 3.63) is 64.8 Å². The monoisotopic (exact) mass is 579 g/mol. The first kappa shape index (κ1) is 28.2. The topological polar surface area (TPSA) is 91.2 Å². The normalized spacial score (nSPS) is 18.6. The molecule has 1 amide bonds. The summed E-state index contributed by atoms with van der Waals surface area (Å²) in [6.45, 7) is 0.413. The maximum atomic E-state index is 15.3. The van der Waals surface area contributed by atoms with Crippen molar-refractivity contribution in [1.82, 2.24) is 15.0 Å². The molecule has 7 nitrogen and oxygen atoms in total. The number of pyridine rings is 1. The van der Waals surface area contributed by atoms with Gasteiger partial charge in [-0.25, -0.2) is 19.3 Å². The van der Waals surface area contributed by atoms with E-state index in [1.807, 2.05) is 6.07 Å². The SMILES string of the molecule is O=C(Cc1cccnc1Cl)N1CCc2cc(-c3ccnc(NC4CCC(O)CC4)n3)cc(F)c21.PPP. The number of carbonyl (C=O) groups excluding carboxylic acids is 1. The first-order valence-corrected chi connectivity index (χ1v) is 17.1. The average molecular weight is 580 g/mol. The summed E-state index contributed by atoms with van der Waals surface area (Å²) in [5.74, 6) is -0.179. The number of aliphatic hydroxyl groups excluding tert-OH is 1. The number of benzene rings is 1. The molecule has 2 N–H and O–H groups in total. The molecule has 37 heavy (non-hydrogen) atoms. The number of hydrogen-bond donors (Lipinski definition) is 2. The summed E-state index contributed by atoms with van der Waals surface area (Å²) in [6, 6.07) is 8.75. The van der Waals surface area contributed by atoms with Gasteiger partial charge in [0.05, 0.1) is 23.9 Å². The number of aromatic nitrogens is 3. The summed E-state index contributed by atoms with van der Waals surface area (Å²) < 4.78 is 15.3. The summed E-state index contributed by atoms with van der Waals surface area (Å²) in [5, 5.41) is 13.3. The Morgan fingerprint density at radius 3 is 2.68 bits per heavy atom. The minimum absolute atomic E-state index is 0.0619. The van der Waals surface area contributed by atoms with Crippen molar-refractivity contribution in [1.29, 1.82) is 0 Å². The minimum Gasteiger partial charge on any atom is -0.393 e. The van der Waals surface area contributed by atoms with E-state index in [1.54, 1.807) is 30.6 Å². The number of amides is 1. The van der Waals surface area contributed by atoms with Crippen LogP contribution < -0.4 is 10.2 Å². The van der Waals surface area contributed by atoms with E-state index in [2.05, 4.69) is 38.1 Å². The summed E-state index contributed by atoms with van der Waals surface area (Å²) in [6.07, 6.45) is 6.85. The maximum Gasteiger partial charge on any atom is 0.231 e. The van der Waals surface area contributed by atoms with Crippen LogP contribution in [0, 0.1) is 5.82 Å². The van der Waals surface area contributed by atoms with Crippen LogP contribution in [0.4, 0.5) is 16.0 Å². The largest absolute Gasteiger partial charge is 0.393 e. The van der Waals surface area contributed by atoms with Gasteiger partial charge in [-0.1, -0.05) is 25.6 Å². The summed E-state index contributed by atoms with van der Waals surface area (Å²) >= 11 is 6.09. The fourth-order valence-electron chi connectivity index (χ4n) is 4.69. The zero-order valence-electron chi connectivity index (χ0n) is 20.2. The molecule has 2 aliphatic rings. The van der Waals surface area contributed by atoms with Gasteiger partial charge >= 0.3 is 0 Å². The number of fused-ring (bicyclic) bond motifs is 1. The van der Waals surface area contributed by atoms with E-state index in [9.17, 15) is 9.90 Å². The number of nitrogens with zero attached hydrogens (tertiary/aromatic N) is 4. The molecule has 2 unspecified atom stereocenters. The predicted octanol–water partition coefficient (Wildman–Crippen LogP) is 5.42. The number of halogens is 2. The molecular formula is C25H30ClFN5O2P3. The predicted molar refractivity (Wildman–Crippen MR) is 156 cm³/mol. The van der Waals surface area contributed by atoms with Gasteiger partial charge in [-0.2, -0.15) is 0 Å². The van der Waals surface area contributed by atoms with Gasteiger partial charge in [0.1, 0.15) is 11.0 Å². The Morgan fingerprint density at radius 2 is 1.95 bits per heavy atom. The van der Waals surface area contributed by atoms with Gasteiger partial charge in [0, 0.05) is 30.5 Å². The number of hydrogen-bond acceptors (Lipinski definition) is 6. The lowest BCUT2D eigenvalue weighted by Gasteiger charge is -2.26. The van der Waals surface area contributed by atoms with Crippen molar-refractivity contribution in [2.24, 2.45) is 0 Å². The van der Waals surface area contributed by atoms with Crippen LogP contribution in [0.2, 0.25) is 5.15 Å². The fourth-order valence-corrected chi connectivity index (χ4v) is 4.88. The first-order chi connectivity index (χ1) is 17.9. The second kappa shape index (κ2) is 13.3. The minimum atomic E-state index is -0.454. The van der Waals surface area contributed by atoms with Gasteiger partial charge in [0.15, 0.2) is 0 Å². The second-order valence-electron chi connectivity index (χ2n) is 8.97. The van der Waals surface area contributed by atoms with Crippen LogP contribution in [0.15, 0.2) is 42.7 Å². The van der Waals surface area contributed by atoms with Crippen LogP contribution >= 0.6 is 37.4 Å². The zero-order valence-corrected chi connectivity index (χ0v) is 24.3. The van der Waals surface area contributed by atoms with Crippen LogP contribution in [0.25, 0.3) is 11.3 Å². The number of rotatable bonds is 5. The molecule has 5 rings (SSSR count). The van der Waals surface area contributed by atoms with E-state index in [4.69, 9.17) is 11.6 Å².